The zero-order valence-electron chi connectivity index (χ0n) is 10.6. The first-order valence-corrected chi connectivity index (χ1v) is 6.66. The Morgan fingerprint density at radius 3 is 2.81 bits per heavy atom. The number of amides is 1. The molecule has 2 unspecified atom stereocenters. The Labute approximate surface area is 98.6 Å². The van der Waals surface area contributed by atoms with Crippen LogP contribution in [0.1, 0.15) is 46.0 Å². The molecule has 2 atom stereocenters. The summed E-state index contributed by atoms with van der Waals surface area (Å²) >= 11 is 0. The van der Waals surface area contributed by atoms with Gasteiger partial charge in [0.1, 0.15) is 0 Å². The molecule has 3 heteroatoms. The average Bonchev–Trinajstić information content (AvgIpc) is 2.59. The first kappa shape index (κ1) is 11.9. The Balaban J connectivity index is 1.98. The van der Waals surface area contributed by atoms with Crippen LogP contribution < -0.4 is 5.32 Å². The van der Waals surface area contributed by atoms with Gasteiger partial charge in [0.05, 0.1) is 5.54 Å². The number of hydrogen-bond donors (Lipinski definition) is 1. The minimum Gasteiger partial charge on any atom is -0.341 e. The molecule has 0 spiro atoms. The molecule has 16 heavy (non-hydrogen) atoms. The van der Waals surface area contributed by atoms with E-state index in [-0.39, 0.29) is 5.54 Å². The van der Waals surface area contributed by atoms with Crippen LogP contribution in [0.2, 0.25) is 0 Å². The fourth-order valence-electron chi connectivity index (χ4n) is 2.89. The number of nitrogens with one attached hydrogen (secondary N) is 1. The normalized spacial score (nSPS) is 36.1. The van der Waals surface area contributed by atoms with E-state index in [4.69, 9.17) is 0 Å². The summed E-state index contributed by atoms with van der Waals surface area (Å²) in [6.07, 6.45) is 5.74. The summed E-state index contributed by atoms with van der Waals surface area (Å²) in [5, 5.41) is 3.37. The van der Waals surface area contributed by atoms with Gasteiger partial charge in [0, 0.05) is 13.1 Å². The standard InChI is InChI=1S/C13H24N2O/c1-11-5-3-9-15(10-6-11)12(16)13(2)7-4-8-14-13/h11,14H,3-10H2,1-2H3. The molecule has 92 valence electrons. The molecule has 2 aliphatic heterocycles. The van der Waals surface area contributed by atoms with Crippen LogP contribution in [0.3, 0.4) is 0 Å². The van der Waals surface area contributed by atoms with Crippen LogP contribution in [-0.2, 0) is 4.79 Å². The van der Waals surface area contributed by atoms with E-state index in [1.165, 1.54) is 19.3 Å². The highest BCUT2D eigenvalue weighted by molar-refractivity contribution is 5.86. The van der Waals surface area contributed by atoms with Gasteiger partial charge in [0.25, 0.3) is 0 Å². The predicted molar refractivity (Wildman–Crippen MR) is 65.2 cm³/mol. The van der Waals surface area contributed by atoms with E-state index in [1.807, 2.05) is 0 Å². The minimum atomic E-state index is -0.270. The zero-order valence-corrected chi connectivity index (χ0v) is 10.6. The van der Waals surface area contributed by atoms with Gasteiger partial charge in [-0.05, 0) is 51.5 Å². The third-order valence-corrected chi connectivity index (χ3v) is 4.14. The minimum absolute atomic E-state index is 0.270. The molecule has 2 heterocycles. The molecule has 1 N–H and O–H groups in total. The Bertz CT molecular complexity index is 259. The summed E-state index contributed by atoms with van der Waals surface area (Å²) < 4.78 is 0. The molecule has 0 aromatic carbocycles. The molecule has 0 saturated carbocycles. The second-order valence-electron chi connectivity index (χ2n) is 5.69. The molecular formula is C13H24N2O. The van der Waals surface area contributed by atoms with E-state index in [2.05, 4.69) is 24.1 Å². The van der Waals surface area contributed by atoms with E-state index in [1.54, 1.807) is 0 Å². The zero-order chi connectivity index (χ0) is 11.6. The second kappa shape index (κ2) is 4.74. The number of hydrogen-bond acceptors (Lipinski definition) is 2. The summed E-state index contributed by atoms with van der Waals surface area (Å²) in [5.74, 6) is 1.11. The number of nitrogens with zero attached hydrogens (tertiary/aromatic N) is 1. The van der Waals surface area contributed by atoms with Crippen molar-refractivity contribution < 1.29 is 4.79 Å². The summed E-state index contributed by atoms with van der Waals surface area (Å²) in [6.45, 7) is 7.27. The fourth-order valence-corrected chi connectivity index (χ4v) is 2.89. The van der Waals surface area contributed by atoms with Crippen molar-refractivity contribution in [1.29, 1.82) is 0 Å². The highest BCUT2D eigenvalue weighted by atomic mass is 16.2. The van der Waals surface area contributed by atoms with Crippen LogP contribution in [0, 0.1) is 5.92 Å². The second-order valence-corrected chi connectivity index (χ2v) is 5.69. The van der Waals surface area contributed by atoms with Crippen molar-refractivity contribution in [2.24, 2.45) is 5.92 Å². The van der Waals surface area contributed by atoms with E-state index >= 15 is 0 Å². The summed E-state index contributed by atoms with van der Waals surface area (Å²) in [4.78, 5) is 14.5. The lowest BCUT2D eigenvalue weighted by molar-refractivity contribution is -0.137. The highest BCUT2D eigenvalue weighted by Gasteiger charge is 2.38. The van der Waals surface area contributed by atoms with Gasteiger partial charge in [-0.25, -0.2) is 0 Å². The third-order valence-electron chi connectivity index (χ3n) is 4.14. The maximum absolute atomic E-state index is 12.4. The largest absolute Gasteiger partial charge is 0.341 e. The van der Waals surface area contributed by atoms with Crippen molar-refractivity contribution in [2.45, 2.75) is 51.5 Å². The Kier molecular flexibility index (Phi) is 3.53. The number of rotatable bonds is 1. The lowest BCUT2D eigenvalue weighted by Gasteiger charge is -2.31. The monoisotopic (exact) mass is 224 g/mol. The van der Waals surface area contributed by atoms with Gasteiger partial charge in [0.15, 0.2) is 0 Å². The van der Waals surface area contributed by atoms with Crippen molar-refractivity contribution in [3.05, 3.63) is 0 Å². The van der Waals surface area contributed by atoms with Crippen molar-refractivity contribution >= 4 is 5.91 Å². The van der Waals surface area contributed by atoms with E-state index in [0.717, 1.165) is 38.4 Å². The molecule has 2 saturated heterocycles. The Morgan fingerprint density at radius 2 is 2.12 bits per heavy atom. The molecule has 0 aliphatic carbocycles. The molecule has 0 aromatic rings. The molecule has 3 nitrogen and oxygen atoms in total. The molecule has 2 aliphatic rings. The van der Waals surface area contributed by atoms with Crippen LogP contribution in [0.5, 0.6) is 0 Å². The predicted octanol–water partition coefficient (Wildman–Crippen LogP) is 1.78. The van der Waals surface area contributed by atoms with Crippen molar-refractivity contribution in [2.75, 3.05) is 19.6 Å². The lowest BCUT2D eigenvalue weighted by atomic mass is 9.98. The molecule has 2 rings (SSSR count). The highest BCUT2D eigenvalue weighted by Crippen LogP contribution is 2.24. The summed E-state index contributed by atoms with van der Waals surface area (Å²) in [7, 11) is 0. The van der Waals surface area contributed by atoms with Gasteiger partial charge in [-0.15, -0.1) is 0 Å². The number of carbonyl (C=O) groups excluding carboxylic acids is 1. The molecular weight excluding hydrogens is 200 g/mol. The van der Waals surface area contributed by atoms with Crippen molar-refractivity contribution in [3.63, 3.8) is 0 Å². The quantitative estimate of drug-likeness (QED) is 0.736. The fraction of sp³-hybridized carbons (Fsp3) is 0.923. The first-order valence-electron chi connectivity index (χ1n) is 6.66. The van der Waals surface area contributed by atoms with Gasteiger partial charge in [-0.2, -0.15) is 0 Å². The SMILES string of the molecule is CC1CCCN(C(=O)C2(C)CCCN2)CC1. The number of carbonyl (C=O) groups is 1. The molecule has 0 aromatic heterocycles. The van der Waals surface area contributed by atoms with Gasteiger partial charge < -0.3 is 10.2 Å². The Hall–Kier alpha value is -0.570. The van der Waals surface area contributed by atoms with Gasteiger partial charge in [-0.3, -0.25) is 4.79 Å². The maximum atomic E-state index is 12.4. The molecule has 0 bridgehead atoms. The van der Waals surface area contributed by atoms with Crippen LogP contribution in [0.15, 0.2) is 0 Å². The average molecular weight is 224 g/mol. The Morgan fingerprint density at radius 1 is 1.31 bits per heavy atom. The van der Waals surface area contributed by atoms with Crippen LogP contribution in [0.25, 0.3) is 0 Å². The summed E-state index contributed by atoms with van der Waals surface area (Å²) in [6, 6.07) is 0. The van der Waals surface area contributed by atoms with E-state index < -0.39 is 0 Å². The van der Waals surface area contributed by atoms with Crippen LogP contribution >= 0.6 is 0 Å². The van der Waals surface area contributed by atoms with Crippen molar-refractivity contribution in [3.8, 4) is 0 Å². The van der Waals surface area contributed by atoms with E-state index in [9.17, 15) is 4.79 Å². The first-order chi connectivity index (χ1) is 7.62. The van der Waals surface area contributed by atoms with Gasteiger partial charge in [0.2, 0.25) is 5.91 Å². The molecule has 2 fully saturated rings. The van der Waals surface area contributed by atoms with Gasteiger partial charge >= 0.3 is 0 Å². The lowest BCUT2D eigenvalue weighted by Crippen LogP contribution is -2.53. The third kappa shape index (κ3) is 2.40. The van der Waals surface area contributed by atoms with Crippen LogP contribution in [-0.4, -0.2) is 36.0 Å². The molecule has 0 radical (unpaired) electrons. The number of likely N-dealkylation sites (tertiary alicyclic amines) is 1. The smallest absolute Gasteiger partial charge is 0.242 e. The van der Waals surface area contributed by atoms with E-state index in [0.29, 0.717) is 5.91 Å². The molecule has 1 amide bonds. The van der Waals surface area contributed by atoms with Crippen LogP contribution in [0.4, 0.5) is 0 Å². The van der Waals surface area contributed by atoms with Crippen molar-refractivity contribution in [1.82, 2.24) is 10.2 Å². The topological polar surface area (TPSA) is 32.3 Å². The summed E-state index contributed by atoms with van der Waals surface area (Å²) in [5.41, 5.74) is -0.270. The maximum Gasteiger partial charge on any atom is 0.242 e. The van der Waals surface area contributed by atoms with Gasteiger partial charge in [-0.1, -0.05) is 6.92 Å².